The number of amides is 1. The molecule has 6 radical (unpaired) electrons. The number of hydrogen-bond acceptors (Lipinski definition) is 4. The highest BCUT2D eigenvalue weighted by Crippen LogP contribution is 2.43. The van der Waals surface area contributed by atoms with E-state index in [1.54, 1.807) is 0 Å². The van der Waals surface area contributed by atoms with E-state index in [0.29, 0.717) is 18.5 Å². The molecule has 1 aromatic heterocycles. The predicted octanol–water partition coefficient (Wildman–Crippen LogP) is -0.937. The van der Waals surface area contributed by atoms with Crippen LogP contribution in [0.5, 0.6) is 5.88 Å². The summed E-state index contributed by atoms with van der Waals surface area (Å²) in [7, 11) is 16.6. The van der Waals surface area contributed by atoms with Gasteiger partial charge in [0, 0.05) is 11.8 Å². The molecule has 1 amide bonds. The van der Waals surface area contributed by atoms with Crippen molar-refractivity contribution in [1.29, 1.82) is 0 Å². The van der Waals surface area contributed by atoms with E-state index in [4.69, 9.17) is 28.3 Å². The molecule has 0 saturated heterocycles. The summed E-state index contributed by atoms with van der Waals surface area (Å²) < 4.78 is 6.81. The van der Waals surface area contributed by atoms with Crippen LogP contribution in [0.2, 0.25) is 0 Å². The summed E-state index contributed by atoms with van der Waals surface area (Å²) in [6.45, 7) is 3.77. The number of nitrogens with zero attached hydrogens (tertiary/aromatic N) is 2. The number of carbonyl (C=O) groups excluding carboxylic acids is 1. The van der Waals surface area contributed by atoms with Crippen LogP contribution in [0.15, 0.2) is 6.20 Å². The summed E-state index contributed by atoms with van der Waals surface area (Å²) in [6, 6.07) is 0. The highest BCUT2D eigenvalue weighted by atomic mass is 16.5. The second kappa shape index (κ2) is 4.88. The van der Waals surface area contributed by atoms with Crippen LogP contribution in [0, 0.1) is 5.41 Å². The molecule has 1 aliphatic carbocycles. The molecule has 100 valence electrons. The van der Waals surface area contributed by atoms with Crippen LogP contribution in [-0.4, -0.2) is 57.0 Å². The molecule has 2 unspecified atom stereocenters. The topological polar surface area (TPSA) is 76.4 Å². The van der Waals surface area contributed by atoms with Gasteiger partial charge in [0.25, 0.3) is 5.88 Å². The molecule has 1 fully saturated rings. The first-order valence-electron chi connectivity index (χ1n) is 6.18. The van der Waals surface area contributed by atoms with E-state index < -0.39 is 16.8 Å². The van der Waals surface area contributed by atoms with Crippen LogP contribution < -0.4 is 10.1 Å². The first-order chi connectivity index (χ1) is 9.16. The molecule has 9 heteroatoms. The van der Waals surface area contributed by atoms with Crippen molar-refractivity contribution < 1.29 is 14.6 Å². The molecule has 1 aliphatic rings. The number of carbonyl (C=O) groups is 1. The van der Waals surface area contributed by atoms with Gasteiger partial charge in [-0.05, 0) is 5.24 Å². The molecule has 1 heterocycles. The van der Waals surface area contributed by atoms with Gasteiger partial charge in [0.1, 0.15) is 11.8 Å². The lowest BCUT2D eigenvalue weighted by Gasteiger charge is -2.48. The quantitative estimate of drug-likeness (QED) is 0.534. The van der Waals surface area contributed by atoms with Crippen molar-refractivity contribution in [2.75, 3.05) is 5.32 Å². The molecular weight excluding hydrogens is 255 g/mol. The molecule has 0 bridgehead atoms. The molecule has 2 atom stereocenters. The first-order valence-corrected chi connectivity index (χ1v) is 6.18. The zero-order chi connectivity index (χ0) is 15.1. The lowest BCUT2D eigenvalue weighted by Crippen LogP contribution is -2.56. The number of aliphatic hydroxyl groups is 1. The highest BCUT2D eigenvalue weighted by Gasteiger charge is 2.49. The van der Waals surface area contributed by atoms with E-state index in [9.17, 15) is 9.90 Å². The lowest BCUT2D eigenvalue weighted by atomic mass is 9.49. The van der Waals surface area contributed by atoms with Crippen molar-refractivity contribution in [3.05, 3.63) is 6.20 Å². The third kappa shape index (κ3) is 2.59. The van der Waals surface area contributed by atoms with Crippen LogP contribution in [0.1, 0.15) is 20.3 Å². The average Bonchev–Trinajstić information content (AvgIpc) is 2.73. The maximum Gasteiger partial charge on any atom is 0.257 e. The zero-order valence-corrected chi connectivity index (χ0v) is 11.4. The van der Waals surface area contributed by atoms with Crippen LogP contribution in [-0.2, 0) is 10.0 Å². The summed E-state index contributed by atoms with van der Waals surface area (Å²) in [5.74, 6) is 0.160. The average molecular weight is 269 g/mol. The molecular formula is C11H14B3N3O3. The van der Waals surface area contributed by atoms with Gasteiger partial charge in [0.15, 0.2) is 0 Å². The lowest BCUT2D eigenvalue weighted by molar-refractivity contribution is -0.135. The fourth-order valence-corrected chi connectivity index (χ4v) is 2.01. The normalized spacial score (nSPS) is 24.8. The summed E-state index contributed by atoms with van der Waals surface area (Å²) in [4.78, 5) is 10.6. The Hall–Kier alpha value is -1.37. The second-order valence-electron chi connectivity index (χ2n) is 5.62. The zero-order valence-electron chi connectivity index (χ0n) is 11.4. The first kappa shape index (κ1) is 15.0. The van der Waals surface area contributed by atoms with Gasteiger partial charge in [-0.25, -0.2) is 0 Å². The Labute approximate surface area is 121 Å². The molecule has 1 saturated carbocycles. The van der Waals surface area contributed by atoms with Gasteiger partial charge in [-0.15, -0.1) is 5.10 Å². The van der Waals surface area contributed by atoms with Crippen LogP contribution in [0.4, 0.5) is 5.69 Å². The molecule has 0 spiro atoms. The predicted molar refractivity (Wildman–Crippen MR) is 76.0 cm³/mol. The van der Waals surface area contributed by atoms with Crippen molar-refractivity contribution in [3.63, 3.8) is 0 Å². The summed E-state index contributed by atoms with van der Waals surface area (Å²) in [5.41, 5.74) is -0.0871. The smallest absolute Gasteiger partial charge is 0.257 e. The molecule has 2 rings (SSSR count). The van der Waals surface area contributed by atoms with E-state index in [1.807, 2.05) is 13.8 Å². The van der Waals surface area contributed by atoms with E-state index in [2.05, 4.69) is 10.4 Å². The van der Waals surface area contributed by atoms with Crippen LogP contribution in [0.3, 0.4) is 0 Å². The van der Waals surface area contributed by atoms with Gasteiger partial charge in [0.2, 0.25) is 6.41 Å². The Morgan fingerprint density at radius 1 is 1.60 bits per heavy atom. The Morgan fingerprint density at radius 2 is 2.25 bits per heavy atom. The molecule has 6 nitrogen and oxygen atoms in total. The van der Waals surface area contributed by atoms with Crippen molar-refractivity contribution in [2.45, 2.75) is 37.7 Å². The molecule has 2 N–H and O–H groups in total. The minimum atomic E-state index is -1.70. The summed E-state index contributed by atoms with van der Waals surface area (Å²) in [5, 5.41) is 14.5. The van der Waals surface area contributed by atoms with Crippen molar-refractivity contribution >= 4 is 35.6 Å². The third-order valence-electron chi connectivity index (χ3n) is 3.67. The van der Waals surface area contributed by atoms with E-state index >= 15 is 0 Å². The highest BCUT2D eigenvalue weighted by molar-refractivity contribution is 6.56. The second-order valence-corrected chi connectivity index (χ2v) is 5.62. The summed E-state index contributed by atoms with van der Waals surface area (Å²) in [6.07, 6.45) is 1.69. The van der Waals surface area contributed by atoms with Crippen molar-refractivity contribution in [2.24, 2.45) is 5.41 Å². The maximum atomic E-state index is 10.6. The van der Waals surface area contributed by atoms with E-state index in [-0.39, 0.29) is 12.0 Å². The number of hydrogen-bond donors (Lipinski definition) is 2. The van der Waals surface area contributed by atoms with Crippen molar-refractivity contribution in [1.82, 2.24) is 9.78 Å². The van der Waals surface area contributed by atoms with Gasteiger partial charge in [-0.3, -0.25) is 9.48 Å². The van der Waals surface area contributed by atoms with E-state index in [0.717, 1.165) is 4.68 Å². The van der Waals surface area contributed by atoms with Gasteiger partial charge in [-0.2, -0.15) is 0 Å². The Balaban J connectivity index is 2.22. The van der Waals surface area contributed by atoms with Gasteiger partial charge in [0.05, 0.1) is 35.8 Å². The standard InChI is InChI=1S/C11H14B3N3O3/c1-10(2)7(19)3-8(10)20-9-6(15-5-18)4-17(16-9)11(12,13)14/h4-5,7-8,19H,3H2,1-2H3,(H,15,18). The largest absolute Gasteiger partial charge is 0.471 e. The fraction of sp³-hybridized carbons (Fsp3) is 0.636. The Kier molecular flexibility index (Phi) is 3.66. The van der Waals surface area contributed by atoms with Gasteiger partial charge in [-0.1, -0.05) is 13.8 Å². The number of ether oxygens (including phenoxy) is 1. The number of nitrogens with one attached hydrogen (secondary N) is 1. The van der Waals surface area contributed by atoms with Gasteiger partial charge < -0.3 is 15.2 Å². The molecule has 0 aliphatic heterocycles. The number of aliphatic hydroxyl groups excluding tert-OH is 1. The minimum absolute atomic E-state index is 0.160. The fourth-order valence-electron chi connectivity index (χ4n) is 2.01. The molecule has 0 aromatic carbocycles. The number of anilines is 1. The van der Waals surface area contributed by atoms with E-state index in [1.165, 1.54) is 6.20 Å². The van der Waals surface area contributed by atoms with Gasteiger partial charge >= 0.3 is 0 Å². The number of rotatable bonds is 5. The molecule has 20 heavy (non-hydrogen) atoms. The molecule has 1 aromatic rings. The summed E-state index contributed by atoms with van der Waals surface area (Å²) >= 11 is 0. The van der Waals surface area contributed by atoms with Crippen LogP contribution >= 0.6 is 0 Å². The maximum absolute atomic E-state index is 10.6. The Bertz CT molecular complexity index is 513. The van der Waals surface area contributed by atoms with Crippen LogP contribution in [0.25, 0.3) is 0 Å². The van der Waals surface area contributed by atoms with Crippen molar-refractivity contribution in [3.8, 4) is 5.88 Å². The SMILES string of the molecule is [B]C([B])([B])n1cc(NC=O)c(OC2CC(O)C2(C)C)n1. The minimum Gasteiger partial charge on any atom is -0.471 e. The third-order valence-corrected chi connectivity index (χ3v) is 3.67. The number of aromatic nitrogens is 2. The Morgan fingerprint density at radius 3 is 2.70 bits per heavy atom. The monoisotopic (exact) mass is 269 g/mol.